The lowest BCUT2D eigenvalue weighted by atomic mass is 9.85. The van der Waals surface area contributed by atoms with Gasteiger partial charge >= 0.3 is 0 Å². The van der Waals surface area contributed by atoms with Gasteiger partial charge in [-0.05, 0) is 71.3 Å². The van der Waals surface area contributed by atoms with Crippen LogP contribution in [0.15, 0.2) is 72.3 Å². The number of benzene rings is 3. The molecule has 3 aromatic carbocycles. The van der Waals surface area contributed by atoms with Gasteiger partial charge in [0.1, 0.15) is 11.5 Å². The van der Waals surface area contributed by atoms with Gasteiger partial charge < -0.3 is 9.84 Å². The van der Waals surface area contributed by atoms with Crippen LogP contribution in [0.1, 0.15) is 62.9 Å². The highest BCUT2D eigenvalue weighted by molar-refractivity contribution is 6.52. The van der Waals surface area contributed by atoms with Crippen molar-refractivity contribution in [3.05, 3.63) is 99.6 Å². The Morgan fingerprint density at radius 3 is 2.21 bits per heavy atom. The van der Waals surface area contributed by atoms with Crippen molar-refractivity contribution in [3.63, 3.8) is 0 Å². The number of hydrogen-bond donors (Lipinski definition) is 1. The molecule has 0 saturated carbocycles. The maximum absolute atomic E-state index is 13.5. The molecule has 0 radical (unpaired) electrons. The van der Waals surface area contributed by atoms with Crippen molar-refractivity contribution in [2.75, 3.05) is 11.5 Å². The smallest absolute Gasteiger partial charge is 0.300 e. The number of halogens is 1. The Hall–Kier alpha value is -3.57. The third-order valence-electron chi connectivity index (χ3n) is 6.75. The van der Waals surface area contributed by atoms with Gasteiger partial charge in [-0.15, -0.1) is 0 Å². The summed E-state index contributed by atoms with van der Waals surface area (Å²) in [6.07, 6.45) is 0. The highest BCUT2D eigenvalue weighted by Crippen LogP contribution is 2.44. The van der Waals surface area contributed by atoms with Crippen LogP contribution in [-0.4, -0.2) is 23.4 Å². The Morgan fingerprint density at radius 1 is 1.00 bits per heavy atom. The molecule has 1 atom stereocenters. The standard InChI is InChI=1S/C32H34ClNO4/c1-19(2)18-38-24-16-12-22(13-17-24)29(35)27-28(21-10-14-23(15-11-21)32(4,5)6)34(31(37)30(27)36)26-9-7-8-25(33)20(26)3/h7-17,19,28,35H,18H2,1-6H3/b29-27+. The minimum absolute atomic E-state index is 0.0359. The monoisotopic (exact) mass is 531 g/mol. The molecule has 1 aliphatic rings. The van der Waals surface area contributed by atoms with E-state index in [0.29, 0.717) is 40.1 Å². The Kier molecular flexibility index (Phi) is 7.70. The number of ether oxygens (including phenoxy) is 1. The van der Waals surface area contributed by atoms with E-state index >= 15 is 0 Å². The molecule has 1 saturated heterocycles. The number of hydrogen-bond acceptors (Lipinski definition) is 4. The molecule has 1 amide bonds. The molecule has 6 heteroatoms. The lowest BCUT2D eigenvalue weighted by Crippen LogP contribution is -2.30. The van der Waals surface area contributed by atoms with Crippen molar-refractivity contribution in [1.29, 1.82) is 0 Å². The molecule has 0 aliphatic carbocycles. The molecular formula is C32H34ClNO4. The van der Waals surface area contributed by atoms with Crippen LogP contribution in [0.4, 0.5) is 5.69 Å². The Labute approximate surface area is 229 Å². The zero-order chi connectivity index (χ0) is 27.8. The third kappa shape index (κ3) is 5.34. The van der Waals surface area contributed by atoms with Crippen LogP contribution < -0.4 is 9.64 Å². The second-order valence-corrected chi connectivity index (χ2v) is 11.6. The maximum atomic E-state index is 13.5. The summed E-state index contributed by atoms with van der Waals surface area (Å²) < 4.78 is 5.75. The number of Topliss-reactive ketones (excluding diaryl/α,β-unsaturated/α-hetero) is 1. The predicted molar refractivity (Wildman–Crippen MR) is 153 cm³/mol. The van der Waals surface area contributed by atoms with E-state index in [-0.39, 0.29) is 16.7 Å². The number of carbonyl (C=O) groups excluding carboxylic acids is 2. The molecule has 5 nitrogen and oxygen atoms in total. The summed E-state index contributed by atoms with van der Waals surface area (Å²) in [6, 6.07) is 19.2. The SMILES string of the molecule is Cc1c(Cl)cccc1N1C(=O)C(=O)/C(=C(/O)c2ccc(OCC(C)C)cc2)C1c1ccc(C(C)(C)C)cc1. The number of amides is 1. The molecule has 38 heavy (non-hydrogen) atoms. The van der Waals surface area contributed by atoms with Crippen molar-refractivity contribution in [2.24, 2.45) is 5.92 Å². The van der Waals surface area contributed by atoms with E-state index in [9.17, 15) is 14.7 Å². The van der Waals surface area contributed by atoms with E-state index in [1.807, 2.05) is 31.2 Å². The minimum atomic E-state index is -0.821. The number of carbonyl (C=O) groups is 2. The van der Waals surface area contributed by atoms with Crippen molar-refractivity contribution in [1.82, 2.24) is 0 Å². The third-order valence-corrected chi connectivity index (χ3v) is 7.16. The fourth-order valence-electron chi connectivity index (χ4n) is 4.55. The fraction of sp³-hybridized carbons (Fsp3) is 0.312. The molecule has 1 N–H and O–H groups in total. The first-order valence-electron chi connectivity index (χ1n) is 12.8. The number of aliphatic hydroxyl groups excluding tert-OH is 1. The average molecular weight is 532 g/mol. The van der Waals surface area contributed by atoms with Gasteiger partial charge in [0.05, 0.1) is 18.2 Å². The summed E-state index contributed by atoms with van der Waals surface area (Å²) >= 11 is 6.40. The van der Waals surface area contributed by atoms with Crippen molar-refractivity contribution in [2.45, 2.75) is 53.0 Å². The maximum Gasteiger partial charge on any atom is 0.300 e. The van der Waals surface area contributed by atoms with Crippen LogP contribution in [0.5, 0.6) is 5.75 Å². The van der Waals surface area contributed by atoms with E-state index in [1.54, 1.807) is 42.5 Å². The van der Waals surface area contributed by atoms with Gasteiger partial charge in [-0.2, -0.15) is 0 Å². The first kappa shape index (κ1) is 27.5. The molecule has 4 rings (SSSR count). The predicted octanol–water partition coefficient (Wildman–Crippen LogP) is 7.61. The number of rotatable bonds is 6. The van der Waals surface area contributed by atoms with Gasteiger partial charge in [0.15, 0.2) is 0 Å². The van der Waals surface area contributed by atoms with Crippen LogP contribution in [0.3, 0.4) is 0 Å². The van der Waals surface area contributed by atoms with Crippen LogP contribution >= 0.6 is 11.6 Å². The summed E-state index contributed by atoms with van der Waals surface area (Å²) in [6.45, 7) is 12.9. The molecule has 3 aromatic rings. The molecule has 1 aliphatic heterocycles. The zero-order valence-corrected chi connectivity index (χ0v) is 23.5. The molecule has 1 unspecified atom stereocenters. The summed E-state index contributed by atoms with van der Waals surface area (Å²) in [5, 5.41) is 11.9. The van der Waals surface area contributed by atoms with Gasteiger partial charge in [-0.3, -0.25) is 14.5 Å². The molecule has 1 heterocycles. The van der Waals surface area contributed by atoms with Gasteiger partial charge in [-0.1, -0.05) is 76.6 Å². The molecular weight excluding hydrogens is 498 g/mol. The topological polar surface area (TPSA) is 66.8 Å². The Balaban J connectivity index is 1.86. The van der Waals surface area contributed by atoms with E-state index < -0.39 is 17.7 Å². The summed E-state index contributed by atoms with van der Waals surface area (Å²) in [5.74, 6) is -0.644. The van der Waals surface area contributed by atoms with E-state index in [0.717, 1.165) is 11.1 Å². The molecule has 0 bridgehead atoms. The van der Waals surface area contributed by atoms with E-state index in [4.69, 9.17) is 16.3 Å². The van der Waals surface area contributed by atoms with Gasteiger partial charge in [0.25, 0.3) is 11.7 Å². The van der Waals surface area contributed by atoms with Crippen molar-refractivity contribution in [3.8, 4) is 5.75 Å². The lowest BCUT2D eigenvalue weighted by molar-refractivity contribution is -0.132. The number of ketones is 1. The second kappa shape index (κ2) is 10.7. The van der Waals surface area contributed by atoms with E-state index in [1.165, 1.54) is 4.90 Å². The van der Waals surface area contributed by atoms with Crippen LogP contribution in [-0.2, 0) is 15.0 Å². The van der Waals surface area contributed by atoms with Gasteiger partial charge in [0, 0.05) is 16.3 Å². The van der Waals surface area contributed by atoms with Crippen molar-refractivity contribution >= 4 is 34.7 Å². The highest BCUT2D eigenvalue weighted by Gasteiger charge is 2.47. The highest BCUT2D eigenvalue weighted by atomic mass is 35.5. The lowest BCUT2D eigenvalue weighted by Gasteiger charge is -2.28. The van der Waals surface area contributed by atoms with Gasteiger partial charge in [-0.25, -0.2) is 0 Å². The molecule has 0 spiro atoms. The average Bonchev–Trinajstić information content (AvgIpc) is 3.14. The number of aliphatic hydroxyl groups is 1. The molecule has 198 valence electrons. The van der Waals surface area contributed by atoms with Crippen LogP contribution in [0.2, 0.25) is 5.02 Å². The van der Waals surface area contributed by atoms with Crippen LogP contribution in [0.25, 0.3) is 5.76 Å². The zero-order valence-electron chi connectivity index (χ0n) is 22.7. The Morgan fingerprint density at radius 2 is 1.63 bits per heavy atom. The largest absolute Gasteiger partial charge is 0.507 e. The summed E-state index contributed by atoms with van der Waals surface area (Å²) in [4.78, 5) is 28.4. The first-order chi connectivity index (χ1) is 17.9. The summed E-state index contributed by atoms with van der Waals surface area (Å²) in [7, 11) is 0. The Bertz CT molecular complexity index is 1380. The number of nitrogens with zero attached hydrogens (tertiary/aromatic N) is 1. The molecule has 0 aromatic heterocycles. The van der Waals surface area contributed by atoms with E-state index in [2.05, 4.69) is 34.6 Å². The second-order valence-electron chi connectivity index (χ2n) is 11.2. The van der Waals surface area contributed by atoms with Crippen molar-refractivity contribution < 1.29 is 19.4 Å². The molecule has 1 fully saturated rings. The normalized spacial score (nSPS) is 17.4. The number of anilines is 1. The first-order valence-corrected chi connectivity index (χ1v) is 13.2. The quantitative estimate of drug-likeness (QED) is 0.202. The fourth-order valence-corrected chi connectivity index (χ4v) is 4.72. The minimum Gasteiger partial charge on any atom is -0.507 e. The van der Waals surface area contributed by atoms with Crippen LogP contribution in [0, 0.1) is 12.8 Å². The summed E-state index contributed by atoms with van der Waals surface area (Å²) in [5.41, 5.74) is 3.44. The van der Waals surface area contributed by atoms with Gasteiger partial charge in [0.2, 0.25) is 0 Å².